The van der Waals surface area contributed by atoms with Crippen molar-refractivity contribution in [1.29, 1.82) is 0 Å². The molecule has 2 aliphatic carbocycles. The van der Waals surface area contributed by atoms with Crippen molar-refractivity contribution in [1.82, 2.24) is 0 Å². The number of hydrogen-bond acceptors (Lipinski definition) is 2. The Morgan fingerprint density at radius 2 is 1.93 bits per heavy atom. The summed E-state index contributed by atoms with van der Waals surface area (Å²) in [6.45, 7) is 6.28. The molecule has 3 fully saturated rings. The second-order valence-corrected chi connectivity index (χ2v) is 5.66. The van der Waals surface area contributed by atoms with Crippen molar-refractivity contribution in [2.75, 3.05) is 13.2 Å². The van der Waals surface area contributed by atoms with Gasteiger partial charge in [0.1, 0.15) is 0 Å². The van der Waals surface area contributed by atoms with Crippen molar-refractivity contribution in [2.24, 2.45) is 17.3 Å². The molecule has 3 aliphatic rings. The van der Waals surface area contributed by atoms with Crippen LogP contribution in [0.2, 0.25) is 0 Å². The molecular formula is C13H20O2. The Kier molecular flexibility index (Phi) is 2.18. The molecule has 1 heterocycles. The average Bonchev–Trinajstić information content (AvgIpc) is 2.87. The summed E-state index contributed by atoms with van der Waals surface area (Å²) in [5.41, 5.74) is 1.99. The van der Waals surface area contributed by atoms with Crippen LogP contribution in [0.3, 0.4) is 0 Å². The molecule has 0 N–H and O–H groups in total. The minimum absolute atomic E-state index is 0.0568. The second kappa shape index (κ2) is 3.33. The van der Waals surface area contributed by atoms with Gasteiger partial charge >= 0.3 is 0 Å². The number of fused-ring (bicyclic) bond motifs is 2. The first kappa shape index (κ1) is 9.86. The highest BCUT2D eigenvalue weighted by Crippen LogP contribution is 2.59. The van der Waals surface area contributed by atoms with Gasteiger partial charge in [0.25, 0.3) is 0 Å². The summed E-state index contributed by atoms with van der Waals surface area (Å²) in [5, 5.41) is 0. The Morgan fingerprint density at radius 1 is 1.20 bits per heavy atom. The van der Waals surface area contributed by atoms with Gasteiger partial charge in [0, 0.05) is 0 Å². The van der Waals surface area contributed by atoms with Gasteiger partial charge in [0.05, 0.1) is 13.2 Å². The number of ether oxygens (including phenoxy) is 2. The second-order valence-electron chi connectivity index (χ2n) is 5.66. The molecule has 0 unspecified atom stereocenters. The smallest absolute Gasteiger partial charge is 0.177 e. The third-order valence-electron chi connectivity index (χ3n) is 4.60. The first-order chi connectivity index (χ1) is 7.18. The summed E-state index contributed by atoms with van der Waals surface area (Å²) in [6.07, 6.45) is 6.40. The Hall–Kier alpha value is -0.340. The Balaban J connectivity index is 1.85. The average molecular weight is 208 g/mol. The van der Waals surface area contributed by atoms with Crippen LogP contribution in [0.15, 0.2) is 11.6 Å². The summed E-state index contributed by atoms with van der Waals surface area (Å²) < 4.78 is 11.0. The predicted molar refractivity (Wildman–Crippen MR) is 58.4 cm³/mol. The van der Waals surface area contributed by atoms with Crippen molar-refractivity contribution in [2.45, 2.75) is 39.4 Å². The lowest BCUT2D eigenvalue weighted by atomic mass is 9.72. The highest BCUT2D eigenvalue weighted by molar-refractivity contribution is 5.26. The minimum atomic E-state index is -0.0568. The molecule has 84 valence electrons. The first-order valence-corrected chi connectivity index (χ1v) is 6.13. The molecule has 0 radical (unpaired) electrons. The monoisotopic (exact) mass is 208 g/mol. The molecule has 0 aromatic heterocycles. The van der Waals surface area contributed by atoms with Gasteiger partial charge in [-0.3, -0.25) is 0 Å². The van der Waals surface area contributed by atoms with E-state index in [2.05, 4.69) is 19.9 Å². The number of hydrogen-bond donors (Lipinski definition) is 0. The molecule has 2 bridgehead atoms. The zero-order valence-electron chi connectivity index (χ0n) is 9.66. The van der Waals surface area contributed by atoms with Crippen molar-refractivity contribution < 1.29 is 9.47 Å². The highest BCUT2D eigenvalue weighted by Gasteiger charge is 2.49. The standard InChI is InChI=1S/C13H20O2/c1-13(2)10-4-3-9(7-10)11(13)8-12-14-5-6-15-12/h8-10,12H,3-7H2,1-2H3/t9-,10+/m1/s1. The summed E-state index contributed by atoms with van der Waals surface area (Å²) in [5.74, 6) is 1.72. The van der Waals surface area contributed by atoms with Gasteiger partial charge in [-0.05, 0) is 42.6 Å². The van der Waals surface area contributed by atoms with E-state index >= 15 is 0 Å². The fourth-order valence-electron chi connectivity index (χ4n) is 3.65. The topological polar surface area (TPSA) is 18.5 Å². The highest BCUT2D eigenvalue weighted by atomic mass is 16.7. The minimum Gasteiger partial charge on any atom is -0.347 e. The Labute approximate surface area is 91.6 Å². The molecule has 3 rings (SSSR count). The maximum Gasteiger partial charge on any atom is 0.177 e. The fourth-order valence-corrected chi connectivity index (χ4v) is 3.65. The van der Waals surface area contributed by atoms with Gasteiger partial charge in [-0.15, -0.1) is 0 Å². The van der Waals surface area contributed by atoms with E-state index in [1.807, 2.05) is 0 Å². The van der Waals surface area contributed by atoms with Crippen LogP contribution in [0.5, 0.6) is 0 Å². The number of rotatable bonds is 1. The van der Waals surface area contributed by atoms with E-state index < -0.39 is 0 Å². The van der Waals surface area contributed by atoms with Gasteiger partial charge in [-0.2, -0.15) is 0 Å². The molecule has 0 spiro atoms. The molecule has 2 heteroatoms. The first-order valence-electron chi connectivity index (χ1n) is 6.13. The van der Waals surface area contributed by atoms with Crippen LogP contribution in [0.25, 0.3) is 0 Å². The molecule has 2 saturated carbocycles. The van der Waals surface area contributed by atoms with E-state index in [4.69, 9.17) is 9.47 Å². The van der Waals surface area contributed by atoms with Crippen LogP contribution >= 0.6 is 0 Å². The van der Waals surface area contributed by atoms with Crippen molar-refractivity contribution in [3.05, 3.63) is 11.6 Å². The zero-order valence-corrected chi connectivity index (χ0v) is 9.66. The summed E-state index contributed by atoms with van der Waals surface area (Å²) >= 11 is 0. The van der Waals surface area contributed by atoms with E-state index in [0.717, 1.165) is 25.0 Å². The SMILES string of the molecule is CC1(C)C(=CC2OCCO2)[C@@H]2CC[C@H]1C2. The van der Waals surface area contributed by atoms with Crippen LogP contribution in [0.1, 0.15) is 33.1 Å². The van der Waals surface area contributed by atoms with E-state index in [1.165, 1.54) is 19.3 Å². The molecule has 2 nitrogen and oxygen atoms in total. The summed E-state index contributed by atoms with van der Waals surface area (Å²) in [6, 6.07) is 0. The molecule has 1 aliphatic heterocycles. The third-order valence-corrected chi connectivity index (χ3v) is 4.60. The molecule has 0 amide bonds. The number of allylic oxidation sites excluding steroid dienone is 1. The van der Waals surface area contributed by atoms with E-state index in [-0.39, 0.29) is 6.29 Å². The molecule has 2 atom stereocenters. The van der Waals surface area contributed by atoms with Crippen LogP contribution in [0.4, 0.5) is 0 Å². The van der Waals surface area contributed by atoms with Crippen LogP contribution in [-0.4, -0.2) is 19.5 Å². The van der Waals surface area contributed by atoms with Gasteiger partial charge in [0.15, 0.2) is 6.29 Å². The van der Waals surface area contributed by atoms with Crippen molar-refractivity contribution in [3.8, 4) is 0 Å². The molecule has 15 heavy (non-hydrogen) atoms. The van der Waals surface area contributed by atoms with Crippen molar-refractivity contribution >= 4 is 0 Å². The predicted octanol–water partition coefficient (Wildman–Crippen LogP) is 2.74. The van der Waals surface area contributed by atoms with E-state index in [1.54, 1.807) is 5.57 Å². The maximum atomic E-state index is 5.52. The van der Waals surface area contributed by atoms with E-state index in [0.29, 0.717) is 5.41 Å². The lowest BCUT2D eigenvalue weighted by Gasteiger charge is -2.33. The van der Waals surface area contributed by atoms with Gasteiger partial charge in [-0.25, -0.2) is 0 Å². The molecule has 1 saturated heterocycles. The normalized spacial score (nSPS) is 41.9. The fraction of sp³-hybridized carbons (Fsp3) is 0.846. The van der Waals surface area contributed by atoms with E-state index in [9.17, 15) is 0 Å². The quantitative estimate of drug-likeness (QED) is 0.617. The van der Waals surface area contributed by atoms with Gasteiger partial charge < -0.3 is 9.47 Å². The Bertz CT molecular complexity index is 287. The molecule has 0 aromatic carbocycles. The lowest BCUT2D eigenvalue weighted by molar-refractivity contribution is -0.00348. The Morgan fingerprint density at radius 3 is 2.53 bits per heavy atom. The van der Waals surface area contributed by atoms with Gasteiger partial charge in [-0.1, -0.05) is 19.4 Å². The summed E-state index contributed by atoms with van der Waals surface area (Å²) in [4.78, 5) is 0. The van der Waals surface area contributed by atoms with Gasteiger partial charge in [0.2, 0.25) is 0 Å². The van der Waals surface area contributed by atoms with Crippen LogP contribution < -0.4 is 0 Å². The van der Waals surface area contributed by atoms with Crippen LogP contribution in [0, 0.1) is 17.3 Å². The lowest BCUT2D eigenvalue weighted by Crippen LogP contribution is -2.24. The largest absolute Gasteiger partial charge is 0.347 e. The molecule has 0 aromatic rings. The maximum absolute atomic E-state index is 5.52. The third kappa shape index (κ3) is 1.46. The van der Waals surface area contributed by atoms with Crippen molar-refractivity contribution in [3.63, 3.8) is 0 Å². The zero-order chi connectivity index (χ0) is 10.5. The van der Waals surface area contributed by atoms with Crippen LogP contribution in [-0.2, 0) is 9.47 Å². The summed E-state index contributed by atoms with van der Waals surface area (Å²) in [7, 11) is 0. The molecular weight excluding hydrogens is 188 g/mol.